The van der Waals surface area contributed by atoms with Crippen molar-refractivity contribution in [2.45, 2.75) is 45.6 Å². The molecule has 1 N–H and O–H groups in total. The minimum Gasteiger partial charge on any atom is -0.317 e. The predicted octanol–water partition coefficient (Wildman–Crippen LogP) is 3.85. The second-order valence-corrected chi connectivity index (χ2v) is 6.00. The molecule has 112 valence electrons. The highest BCUT2D eigenvalue weighted by Crippen LogP contribution is 2.29. The Hall–Kier alpha value is -0.860. The van der Waals surface area contributed by atoms with E-state index in [1.807, 2.05) is 0 Å². The normalized spacial score (nSPS) is 19.1. The second kappa shape index (κ2) is 8.43. The molecule has 1 heterocycles. The highest BCUT2D eigenvalue weighted by atomic mass is 15.2. The molecule has 0 amide bonds. The molecule has 2 nitrogen and oxygen atoms in total. The molecule has 0 aliphatic carbocycles. The van der Waals surface area contributed by atoms with Gasteiger partial charge in [0.2, 0.25) is 0 Å². The Labute approximate surface area is 124 Å². The van der Waals surface area contributed by atoms with Crippen molar-refractivity contribution in [3.8, 4) is 0 Å². The van der Waals surface area contributed by atoms with Crippen molar-refractivity contribution in [1.82, 2.24) is 10.2 Å². The molecular formula is C18H30N2. The minimum atomic E-state index is 0.626. The van der Waals surface area contributed by atoms with Gasteiger partial charge in [0.1, 0.15) is 0 Å². The van der Waals surface area contributed by atoms with E-state index in [-0.39, 0.29) is 0 Å². The van der Waals surface area contributed by atoms with Gasteiger partial charge < -0.3 is 5.32 Å². The van der Waals surface area contributed by atoms with Gasteiger partial charge in [0.05, 0.1) is 0 Å². The van der Waals surface area contributed by atoms with Crippen LogP contribution in [0.3, 0.4) is 0 Å². The average molecular weight is 274 g/mol. The molecule has 2 rings (SSSR count). The Bertz CT molecular complexity index is 355. The zero-order valence-corrected chi connectivity index (χ0v) is 13.1. The average Bonchev–Trinajstić information content (AvgIpc) is 2.52. The van der Waals surface area contributed by atoms with Gasteiger partial charge in [0.25, 0.3) is 0 Å². The Morgan fingerprint density at radius 1 is 1.15 bits per heavy atom. The number of nitrogens with zero attached hydrogens (tertiary/aromatic N) is 1. The van der Waals surface area contributed by atoms with E-state index in [1.165, 1.54) is 50.9 Å². The molecule has 0 bridgehead atoms. The van der Waals surface area contributed by atoms with E-state index >= 15 is 0 Å². The van der Waals surface area contributed by atoms with Crippen molar-refractivity contribution >= 4 is 0 Å². The number of nitrogens with one attached hydrogen (secondary N) is 1. The molecule has 1 aromatic rings. The summed E-state index contributed by atoms with van der Waals surface area (Å²) in [6.45, 7) is 9.32. The zero-order valence-electron chi connectivity index (χ0n) is 13.1. The van der Waals surface area contributed by atoms with E-state index in [4.69, 9.17) is 0 Å². The first-order chi connectivity index (χ1) is 9.85. The van der Waals surface area contributed by atoms with Gasteiger partial charge >= 0.3 is 0 Å². The summed E-state index contributed by atoms with van der Waals surface area (Å²) < 4.78 is 0. The maximum atomic E-state index is 3.50. The molecule has 0 radical (unpaired) electrons. The maximum absolute atomic E-state index is 3.50. The third kappa shape index (κ3) is 4.32. The number of benzene rings is 1. The summed E-state index contributed by atoms with van der Waals surface area (Å²) >= 11 is 0. The first kappa shape index (κ1) is 15.5. The molecule has 2 heteroatoms. The fourth-order valence-electron chi connectivity index (χ4n) is 3.33. The number of piperidine rings is 1. The van der Waals surface area contributed by atoms with E-state index in [0.717, 1.165) is 12.5 Å². The number of hydrogen-bond acceptors (Lipinski definition) is 2. The molecule has 1 aliphatic heterocycles. The van der Waals surface area contributed by atoms with Gasteiger partial charge in [-0.1, -0.05) is 50.6 Å². The summed E-state index contributed by atoms with van der Waals surface area (Å²) in [7, 11) is 0. The van der Waals surface area contributed by atoms with E-state index in [1.54, 1.807) is 0 Å². The van der Waals surface area contributed by atoms with Crippen molar-refractivity contribution in [2.75, 3.05) is 26.2 Å². The van der Waals surface area contributed by atoms with Crippen LogP contribution in [0.4, 0.5) is 0 Å². The molecular weight excluding hydrogens is 244 g/mol. The van der Waals surface area contributed by atoms with Crippen LogP contribution in [-0.2, 0) is 0 Å². The molecule has 0 saturated carbocycles. The fraction of sp³-hybridized carbons (Fsp3) is 0.667. The highest BCUT2D eigenvalue weighted by molar-refractivity contribution is 5.19. The van der Waals surface area contributed by atoms with Gasteiger partial charge in [-0.2, -0.15) is 0 Å². The van der Waals surface area contributed by atoms with Gasteiger partial charge in [0, 0.05) is 6.04 Å². The topological polar surface area (TPSA) is 15.3 Å². The Morgan fingerprint density at radius 3 is 2.45 bits per heavy atom. The lowest BCUT2D eigenvalue weighted by atomic mass is 9.92. The van der Waals surface area contributed by atoms with Crippen LogP contribution < -0.4 is 5.32 Å². The second-order valence-electron chi connectivity index (χ2n) is 6.00. The molecule has 1 aliphatic rings. The van der Waals surface area contributed by atoms with Crippen LogP contribution in [-0.4, -0.2) is 31.1 Å². The number of rotatable bonds is 7. The molecule has 1 aromatic carbocycles. The lowest BCUT2D eigenvalue weighted by molar-refractivity contribution is 0.125. The lowest BCUT2D eigenvalue weighted by Crippen LogP contribution is -2.39. The van der Waals surface area contributed by atoms with Gasteiger partial charge in [-0.05, 0) is 56.9 Å². The van der Waals surface area contributed by atoms with Crippen LogP contribution >= 0.6 is 0 Å². The minimum absolute atomic E-state index is 0.626. The largest absolute Gasteiger partial charge is 0.317 e. The quantitative estimate of drug-likeness (QED) is 0.812. The molecule has 1 fully saturated rings. The summed E-state index contributed by atoms with van der Waals surface area (Å²) in [4.78, 5) is 2.71. The maximum Gasteiger partial charge on any atom is 0.0348 e. The van der Waals surface area contributed by atoms with Crippen LogP contribution in [0.5, 0.6) is 0 Å². The van der Waals surface area contributed by atoms with Crippen LogP contribution in [0, 0.1) is 5.92 Å². The van der Waals surface area contributed by atoms with Gasteiger partial charge in [-0.3, -0.25) is 4.90 Å². The summed E-state index contributed by atoms with van der Waals surface area (Å²) in [5.41, 5.74) is 1.50. The number of hydrogen-bond donors (Lipinski definition) is 1. The third-order valence-electron chi connectivity index (χ3n) is 4.52. The van der Waals surface area contributed by atoms with E-state index in [2.05, 4.69) is 54.4 Å². The van der Waals surface area contributed by atoms with E-state index in [0.29, 0.717) is 6.04 Å². The predicted molar refractivity (Wildman–Crippen MR) is 86.9 cm³/mol. The lowest BCUT2D eigenvalue weighted by Gasteiger charge is -2.38. The van der Waals surface area contributed by atoms with Crippen LogP contribution in [0.2, 0.25) is 0 Å². The van der Waals surface area contributed by atoms with E-state index in [9.17, 15) is 0 Å². The summed E-state index contributed by atoms with van der Waals surface area (Å²) in [6, 6.07) is 11.7. The van der Waals surface area contributed by atoms with Crippen molar-refractivity contribution in [3.05, 3.63) is 35.9 Å². The van der Waals surface area contributed by atoms with Gasteiger partial charge in [0.15, 0.2) is 0 Å². The highest BCUT2D eigenvalue weighted by Gasteiger charge is 2.25. The van der Waals surface area contributed by atoms with Crippen molar-refractivity contribution in [1.29, 1.82) is 0 Å². The SMILES string of the molecule is CCCC(c1ccccc1)N1CCC(CNCC)CC1. The van der Waals surface area contributed by atoms with Gasteiger partial charge in [-0.15, -0.1) is 0 Å². The molecule has 0 spiro atoms. The standard InChI is InChI=1S/C18H30N2/c1-3-8-18(17-9-6-5-7-10-17)20-13-11-16(12-14-20)15-19-4-2/h5-7,9-10,16,18-19H,3-4,8,11-15H2,1-2H3. The first-order valence-electron chi connectivity index (χ1n) is 8.34. The molecule has 1 atom stereocenters. The Morgan fingerprint density at radius 2 is 1.85 bits per heavy atom. The van der Waals surface area contributed by atoms with Gasteiger partial charge in [-0.25, -0.2) is 0 Å². The summed E-state index contributed by atoms with van der Waals surface area (Å²) in [6.07, 6.45) is 5.23. The smallest absolute Gasteiger partial charge is 0.0348 e. The van der Waals surface area contributed by atoms with Crippen molar-refractivity contribution < 1.29 is 0 Å². The molecule has 20 heavy (non-hydrogen) atoms. The van der Waals surface area contributed by atoms with Crippen LogP contribution in [0.1, 0.15) is 51.1 Å². The Balaban J connectivity index is 1.92. The third-order valence-corrected chi connectivity index (χ3v) is 4.52. The zero-order chi connectivity index (χ0) is 14.2. The van der Waals surface area contributed by atoms with Crippen molar-refractivity contribution in [3.63, 3.8) is 0 Å². The Kier molecular flexibility index (Phi) is 6.55. The fourth-order valence-corrected chi connectivity index (χ4v) is 3.33. The first-order valence-corrected chi connectivity index (χ1v) is 8.34. The van der Waals surface area contributed by atoms with Crippen LogP contribution in [0.25, 0.3) is 0 Å². The monoisotopic (exact) mass is 274 g/mol. The van der Waals surface area contributed by atoms with Crippen molar-refractivity contribution in [2.24, 2.45) is 5.92 Å². The summed E-state index contributed by atoms with van der Waals surface area (Å²) in [5, 5.41) is 3.50. The molecule has 1 saturated heterocycles. The van der Waals surface area contributed by atoms with E-state index < -0.39 is 0 Å². The molecule has 1 unspecified atom stereocenters. The molecule has 0 aromatic heterocycles. The van der Waals surface area contributed by atoms with Crippen LogP contribution in [0.15, 0.2) is 30.3 Å². The summed E-state index contributed by atoms with van der Waals surface area (Å²) in [5.74, 6) is 0.879. The number of likely N-dealkylation sites (tertiary alicyclic amines) is 1.